The first-order chi connectivity index (χ1) is 13.6. The lowest BCUT2D eigenvalue weighted by molar-refractivity contribution is 0.140. The number of guanidine groups is 1. The molecular formula is C20H37N7O. The fourth-order valence-corrected chi connectivity index (χ4v) is 3.86. The van der Waals surface area contributed by atoms with Crippen LogP contribution in [0.25, 0.3) is 0 Å². The Morgan fingerprint density at radius 3 is 2.50 bits per heavy atom. The molecule has 1 aromatic heterocycles. The highest BCUT2D eigenvalue weighted by Gasteiger charge is 2.21. The zero-order valence-electron chi connectivity index (χ0n) is 17.8. The number of nitrogens with one attached hydrogen (secondary N) is 1. The summed E-state index contributed by atoms with van der Waals surface area (Å²) in [6.07, 6.45) is 1.64. The van der Waals surface area contributed by atoms with Gasteiger partial charge in [0, 0.05) is 84.6 Å². The van der Waals surface area contributed by atoms with Crippen molar-refractivity contribution in [2.75, 3.05) is 79.0 Å². The molecule has 1 aromatic rings. The highest BCUT2D eigenvalue weighted by Crippen LogP contribution is 2.09. The minimum Gasteiger partial charge on any atom is -0.364 e. The van der Waals surface area contributed by atoms with Crippen LogP contribution >= 0.6 is 0 Å². The summed E-state index contributed by atoms with van der Waals surface area (Å²) in [6, 6.07) is 1.94. The molecule has 1 atom stereocenters. The summed E-state index contributed by atoms with van der Waals surface area (Å²) >= 11 is 0. The van der Waals surface area contributed by atoms with Crippen LogP contribution in [0.4, 0.5) is 0 Å². The number of aromatic nitrogens is 1. The van der Waals surface area contributed by atoms with E-state index in [0.29, 0.717) is 5.92 Å². The van der Waals surface area contributed by atoms with Crippen molar-refractivity contribution in [1.29, 1.82) is 0 Å². The van der Waals surface area contributed by atoms with Gasteiger partial charge in [-0.15, -0.1) is 0 Å². The van der Waals surface area contributed by atoms with Gasteiger partial charge in [0.05, 0.1) is 5.69 Å². The van der Waals surface area contributed by atoms with E-state index in [2.05, 4.69) is 51.0 Å². The Labute approximate surface area is 169 Å². The van der Waals surface area contributed by atoms with Gasteiger partial charge in [0.25, 0.3) is 0 Å². The quantitative estimate of drug-likeness (QED) is 0.541. The summed E-state index contributed by atoms with van der Waals surface area (Å²) in [5.74, 6) is 1.64. The van der Waals surface area contributed by atoms with Gasteiger partial charge in [-0.3, -0.25) is 9.89 Å². The van der Waals surface area contributed by atoms with Gasteiger partial charge in [-0.2, -0.15) is 0 Å². The Bertz CT molecular complexity index is 575. The molecule has 8 heteroatoms. The van der Waals surface area contributed by atoms with Crippen LogP contribution in [-0.2, 0) is 6.54 Å². The third kappa shape index (κ3) is 6.46. The predicted octanol–water partition coefficient (Wildman–Crippen LogP) is 0.641. The topological polar surface area (TPSA) is 63.4 Å². The molecule has 0 aromatic carbocycles. The van der Waals surface area contributed by atoms with Crippen LogP contribution in [0.15, 0.2) is 21.8 Å². The molecule has 0 spiro atoms. The van der Waals surface area contributed by atoms with Gasteiger partial charge in [0.1, 0.15) is 6.26 Å². The second-order valence-electron chi connectivity index (χ2n) is 8.16. The standard InChI is InChI=1S/C20H37N7O/c1-4-21-20(22-15-18(2)16-25-8-6-24(3)7-9-25)27-12-10-26(11-13-27)17-19-5-14-28-23-19/h5,14,18H,4,6-13,15-17H2,1-3H3,(H,21,22). The van der Waals surface area contributed by atoms with Gasteiger partial charge in [-0.25, -0.2) is 0 Å². The van der Waals surface area contributed by atoms with E-state index in [4.69, 9.17) is 9.52 Å². The molecule has 3 rings (SSSR count). The van der Waals surface area contributed by atoms with Gasteiger partial charge in [0.2, 0.25) is 0 Å². The van der Waals surface area contributed by atoms with E-state index in [1.807, 2.05) is 6.07 Å². The Balaban J connectivity index is 1.44. The van der Waals surface area contributed by atoms with Crippen LogP contribution in [0.2, 0.25) is 0 Å². The number of likely N-dealkylation sites (N-methyl/N-ethyl adjacent to an activating group) is 1. The van der Waals surface area contributed by atoms with E-state index in [1.165, 1.54) is 26.2 Å². The average Bonchev–Trinajstić information content (AvgIpc) is 3.21. The highest BCUT2D eigenvalue weighted by molar-refractivity contribution is 5.80. The van der Waals surface area contributed by atoms with Crippen molar-refractivity contribution in [2.24, 2.45) is 10.9 Å². The summed E-state index contributed by atoms with van der Waals surface area (Å²) < 4.78 is 4.94. The Morgan fingerprint density at radius 2 is 1.86 bits per heavy atom. The second kappa shape index (κ2) is 10.8. The van der Waals surface area contributed by atoms with Crippen molar-refractivity contribution in [3.05, 3.63) is 18.0 Å². The number of nitrogens with zero attached hydrogens (tertiary/aromatic N) is 6. The van der Waals surface area contributed by atoms with Gasteiger partial charge in [-0.05, 0) is 19.9 Å². The van der Waals surface area contributed by atoms with Crippen LogP contribution in [0.3, 0.4) is 0 Å². The Kier molecular flexibility index (Phi) is 8.12. The first-order valence-corrected chi connectivity index (χ1v) is 10.7. The summed E-state index contributed by atoms with van der Waals surface area (Å²) in [5, 5.41) is 7.51. The third-order valence-corrected chi connectivity index (χ3v) is 5.60. The van der Waals surface area contributed by atoms with Crippen molar-refractivity contribution in [2.45, 2.75) is 20.4 Å². The highest BCUT2D eigenvalue weighted by atomic mass is 16.5. The van der Waals surface area contributed by atoms with E-state index < -0.39 is 0 Å². The van der Waals surface area contributed by atoms with E-state index in [-0.39, 0.29) is 0 Å². The van der Waals surface area contributed by atoms with Crippen LogP contribution in [0, 0.1) is 5.92 Å². The van der Waals surface area contributed by atoms with Crippen molar-refractivity contribution in [3.8, 4) is 0 Å². The van der Waals surface area contributed by atoms with Gasteiger partial charge >= 0.3 is 0 Å². The molecule has 2 fully saturated rings. The maximum absolute atomic E-state index is 4.97. The zero-order valence-corrected chi connectivity index (χ0v) is 17.8. The molecule has 158 valence electrons. The van der Waals surface area contributed by atoms with Gasteiger partial charge < -0.3 is 24.5 Å². The lowest BCUT2D eigenvalue weighted by Crippen LogP contribution is -2.52. The normalized spacial score (nSPS) is 21.8. The number of aliphatic imine (C=N–C) groups is 1. The molecular weight excluding hydrogens is 354 g/mol. The lowest BCUT2D eigenvalue weighted by atomic mass is 10.1. The average molecular weight is 392 g/mol. The monoisotopic (exact) mass is 391 g/mol. The lowest BCUT2D eigenvalue weighted by Gasteiger charge is -2.36. The minimum atomic E-state index is 0.575. The van der Waals surface area contributed by atoms with Crippen molar-refractivity contribution < 1.29 is 4.52 Å². The largest absolute Gasteiger partial charge is 0.364 e. The molecule has 0 saturated carbocycles. The van der Waals surface area contributed by atoms with Crippen LogP contribution in [-0.4, -0.2) is 110 Å². The molecule has 0 amide bonds. The van der Waals surface area contributed by atoms with Crippen molar-refractivity contribution in [1.82, 2.24) is 30.1 Å². The molecule has 2 saturated heterocycles. The van der Waals surface area contributed by atoms with Crippen LogP contribution in [0.1, 0.15) is 19.5 Å². The molecule has 28 heavy (non-hydrogen) atoms. The Morgan fingerprint density at radius 1 is 1.14 bits per heavy atom. The Hall–Kier alpha value is -1.64. The molecule has 2 aliphatic rings. The maximum atomic E-state index is 4.97. The first kappa shape index (κ1) is 21.1. The van der Waals surface area contributed by atoms with E-state index >= 15 is 0 Å². The van der Waals surface area contributed by atoms with E-state index in [0.717, 1.165) is 64.0 Å². The van der Waals surface area contributed by atoms with Crippen molar-refractivity contribution >= 4 is 5.96 Å². The maximum Gasteiger partial charge on any atom is 0.194 e. The summed E-state index contributed by atoms with van der Waals surface area (Å²) in [5.41, 5.74) is 1.01. The molecule has 0 bridgehead atoms. The molecule has 2 aliphatic heterocycles. The fourth-order valence-electron chi connectivity index (χ4n) is 3.86. The van der Waals surface area contributed by atoms with E-state index in [1.54, 1.807) is 6.26 Å². The molecule has 0 radical (unpaired) electrons. The second-order valence-corrected chi connectivity index (χ2v) is 8.16. The van der Waals surface area contributed by atoms with Gasteiger partial charge in [0.15, 0.2) is 5.96 Å². The zero-order chi connectivity index (χ0) is 19.8. The smallest absolute Gasteiger partial charge is 0.194 e. The SMILES string of the molecule is CCNC(=NCC(C)CN1CCN(C)CC1)N1CCN(Cc2ccon2)CC1. The summed E-state index contributed by atoms with van der Waals surface area (Å²) in [7, 11) is 2.21. The molecule has 0 aliphatic carbocycles. The predicted molar refractivity (Wildman–Crippen MR) is 112 cm³/mol. The molecule has 3 heterocycles. The number of hydrogen-bond acceptors (Lipinski definition) is 6. The van der Waals surface area contributed by atoms with Crippen LogP contribution in [0.5, 0.6) is 0 Å². The van der Waals surface area contributed by atoms with Gasteiger partial charge in [-0.1, -0.05) is 12.1 Å². The first-order valence-electron chi connectivity index (χ1n) is 10.7. The molecule has 8 nitrogen and oxygen atoms in total. The fraction of sp³-hybridized carbons (Fsp3) is 0.800. The van der Waals surface area contributed by atoms with Crippen molar-refractivity contribution in [3.63, 3.8) is 0 Å². The molecule has 1 N–H and O–H groups in total. The summed E-state index contributed by atoms with van der Waals surface area (Å²) in [6.45, 7) is 17.0. The number of hydrogen-bond donors (Lipinski definition) is 1. The van der Waals surface area contributed by atoms with Crippen LogP contribution < -0.4 is 5.32 Å². The summed E-state index contributed by atoms with van der Waals surface area (Å²) in [4.78, 5) is 14.8. The van der Waals surface area contributed by atoms with E-state index in [9.17, 15) is 0 Å². The minimum absolute atomic E-state index is 0.575. The third-order valence-electron chi connectivity index (χ3n) is 5.60. The number of rotatable bonds is 7. The molecule has 1 unspecified atom stereocenters. The number of piperazine rings is 2.